The van der Waals surface area contributed by atoms with Crippen LogP contribution >= 0.6 is 0 Å². The molecule has 1 fully saturated rings. The summed E-state index contributed by atoms with van der Waals surface area (Å²) >= 11 is 0. The Morgan fingerprint density at radius 1 is 1.41 bits per heavy atom. The Morgan fingerprint density at radius 2 is 2.18 bits per heavy atom. The van der Waals surface area contributed by atoms with Crippen molar-refractivity contribution < 1.29 is 9.47 Å². The molecular formula is C14H21NO2. The van der Waals surface area contributed by atoms with Crippen LogP contribution < -0.4 is 15.2 Å². The number of methoxy groups -OCH3 is 1. The number of rotatable bonds is 5. The van der Waals surface area contributed by atoms with Gasteiger partial charge in [-0.25, -0.2) is 0 Å². The van der Waals surface area contributed by atoms with Crippen LogP contribution in [0.5, 0.6) is 11.5 Å². The standard InChI is InChI=1S/C14H21NO2/c1-10(15)9-11-5-3-8-13(16-2)14(11)17-12-6-4-7-12/h3,5,8,10,12H,4,6-7,9,15H2,1-2H3. The maximum absolute atomic E-state index is 6.02. The van der Waals surface area contributed by atoms with E-state index in [9.17, 15) is 0 Å². The maximum atomic E-state index is 6.02. The van der Waals surface area contributed by atoms with Crippen LogP contribution in [0, 0.1) is 0 Å². The van der Waals surface area contributed by atoms with Crippen molar-refractivity contribution in [3.63, 3.8) is 0 Å². The van der Waals surface area contributed by atoms with Crippen LogP contribution in [0.15, 0.2) is 18.2 Å². The van der Waals surface area contributed by atoms with Gasteiger partial charge >= 0.3 is 0 Å². The first kappa shape index (κ1) is 12.2. The third-order valence-electron chi connectivity index (χ3n) is 3.16. The first-order valence-electron chi connectivity index (χ1n) is 6.29. The highest BCUT2D eigenvalue weighted by Gasteiger charge is 2.22. The summed E-state index contributed by atoms with van der Waals surface area (Å²) in [5.74, 6) is 1.70. The summed E-state index contributed by atoms with van der Waals surface area (Å²) in [6.07, 6.45) is 4.74. The van der Waals surface area contributed by atoms with E-state index in [4.69, 9.17) is 15.2 Å². The molecule has 1 aromatic rings. The van der Waals surface area contributed by atoms with Gasteiger partial charge in [0.15, 0.2) is 11.5 Å². The highest BCUT2D eigenvalue weighted by molar-refractivity contribution is 5.47. The highest BCUT2D eigenvalue weighted by Crippen LogP contribution is 2.35. The van der Waals surface area contributed by atoms with E-state index in [1.54, 1.807) is 7.11 Å². The number of hydrogen-bond donors (Lipinski definition) is 1. The topological polar surface area (TPSA) is 44.5 Å². The van der Waals surface area contributed by atoms with Crippen molar-refractivity contribution in [3.05, 3.63) is 23.8 Å². The second-order valence-electron chi connectivity index (χ2n) is 4.80. The largest absolute Gasteiger partial charge is 0.493 e. The summed E-state index contributed by atoms with van der Waals surface area (Å²) in [7, 11) is 1.68. The van der Waals surface area contributed by atoms with Gasteiger partial charge in [-0.2, -0.15) is 0 Å². The third kappa shape index (κ3) is 2.91. The molecule has 0 heterocycles. The molecule has 0 amide bonds. The van der Waals surface area contributed by atoms with Gasteiger partial charge in [-0.1, -0.05) is 12.1 Å². The van der Waals surface area contributed by atoms with Gasteiger partial charge in [0.05, 0.1) is 13.2 Å². The molecule has 0 radical (unpaired) electrons. The number of para-hydroxylation sites is 1. The van der Waals surface area contributed by atoms with Gasteiger partial charge in [0, 0.05) is 6.04 Å². The SMILES string of the molecule is COc1cccc(CC(C)N)c1OC1CCC1. The van der Waals surface area contributed by atoms with E-state index in [-0.39, 0.29) is 6.04 Å². The first-order chi connectivity index (χ1) is 8.20. The van der Waals surface area contributed by atoms with Crippen molar-refractivity contribution >= 4 is 0 Å². The summed E-state index contributed by atoms with van der Waals surface area (Å²) in [6, 6.07) is 6.13. The van der Waals surface area contributed by atoms with Gasteiger partial charge in [0.25, 0.3) is 0 Å². The lowest BCUT2D eigenvalue weighted by Crippen LogP contribution is -2.26. The monoisotopic (exact) mass is 235 g/mol. The molecule has 1 saturated carbocycles. The number of ether oxygens (including phenoxy) is 2. The fourth-order valence-electron chi connectivity index (χ4n) is 2.02. The zero-order chi connectivity index (χ0) is 12.3. The Bertz CT molecular complexity index is 372. The van der Waals surface area contributed by atoms with Crippen molar-refractivity contribution in [2.75, 3.05) is 7.11 Å². The van der Waals surface area contributed by atoms with Gasteiger partial charge in [-0.3, -0.25) is 0 Å². The number of nitrogens with two attached hydrogens (primary N) is 1. The molecule has 3 nitrogen and oxygen atoms in total. The number of hydrogen-bond acceptors (Lipinski definition) is 3. The van der Waals surface area contributed by atoms with Crippen molar-refractivity contribution in [2.45, 2.75) is 44.8 Å². The average Bonchev–Trinajstić information content (AvgIpc) is 2.23. The molecule has 0 spiro atoms. The zero-order valence-corrected chi connectivity index (χ0v) is 10.6. The van der Waals surface area contributed by atoms with E-state index >= 15 is 0 Å². The summed E-state index contributed by atoms with van der Waals surface area (Å²) in [5, 5.41) is 0. The molecule has 0 aliphatic heterocycles. The summed E-state index contributed by atoms with van der Waals surface area (Å²) in [6.45, 7) is 2.01. The van der Waals surface area contributed by atoms with Crippen molar-refractivity contribution in [2.24, 2.45) is 5.73 Å². The van der Waals surface area contributed by atoms with Gasteiger partial charge in [-0.15, -0.1) is 0 Å². The van der Waals surface area contributed by atoms with Gasteiger partial charge in [0.1, 0.15) is 0 Å². The average molecular weight is 235 g/mol. The molecule has 94 valence electrons. The molecule has 1 atom stereocenters. The van der Waals surface area contributed by atoms with Crippen LogP contribution in [0.3, 0.4) is 0 Å². The van der Waals surface area contributed by atoms with Gasteiger partial charge in [-0.05, 0) is 44.2 Å². The normalized spacial score (nSPS) is 17.4. The number of benzene rings is 1. The molecule has 0 saturated heterocycles. The van der Waals surface area contributed by atoms with Crippen LogP contribution in [0.25, 0.3) is 0 Å². The van der Waals surface area contributed by atoms with E-state index in [1.807, 2.05) is 19.1 Å². The van der Waals surface area contributed by atoms with E-state index in [0.717, 1.165) is 36.3 Å². The first-order valence-corrected chi connectivity index (χ1v) is 6.29. The third-order valence-corrected chi connectivity index (χ3v) is 3.16. The maximum Gasteiger partial charge on any atom is 0.164 e. The van der Waals surface area contributed by atoms with Crippen LogP contribution in [-0.2, 0) is 6.42 Å². The van der Waals surface area contributed by atoms with Crippen LogP contribution in [-0.4, -0.2) is 19.3 Å². The second-order valence-corrected chi connectivity index (χ2v) is 4.80. The second kappa shape index (κ2) is 5.41. The fraction of sp³-hybridized carbons (Fsp3) is 0.571. The lowest BCUT2D eigenvalue weighted by atomic mass is 9.96. The molecule has 0 aromatic heterocycles. The van der Waals surface area contributed by atoms with Crippen molar-refractivity contribution in [1.82, 2.24) is 0 Å². The Balaban J connectivity index is 2.22. The Hall–Kier alpha value is -1.22. The minimum atomic E-state index is 0.130. The van der Waals surface area contributed by atoms with Crippen LogP contribution in [0.2, 0.25) is 0 Å². The molecule has 1 unspecified atom stereocenters. The minimum absolute atomic E-state index is 0.130. The quantitative estimate of drug-likeness (QED) is 0.853. The van der Waals surface area contributed by atoms with E-state index in [2.05, 4.69) is 6.07 Å². The van der Waals surface area contributed by atoms with Crippen molar-refractivity contribution in [3.8, 4) is 11.5 Å². The Labute approximate surface area is 103 Å². The molecule has 2 rings (SSSR count). The molecule has 0 bridgehead atoms. The van der Waals surface area contributed by atoms with Crippen LogP contribution in [0.4, 0.5) is 0 Å². The van der Waals surface area contributed by atoms with E-state index in [0.29, 0.717) is 6.10 Å². The predicted octanol–water partition coefficient (Wildman–Crippen LogP) is 2.52. The Morgan fingerprint density at radius 3 is 2.71 bits per heavy atom. The lowest BCUT2D eigenvalue weighted by molar-refractivity contribution is 0.114. The van der Waals surface area contributed by atoms with Crippen LogP contribution in [0.1, 0.15) is 31.7 Å². The minimum Gasteiger partial charge on any atom is -0.493 e. The molecule has 17 heavy (non-hydrogen) atoms. The molecular weight excluding hydrogens is 214 g/mol. The summed E-state index contributed by atoms with van der Waals surface area (Å²) in [4.78, 5) is 0. The zero-order valence-electron chi connectivity index (χ0n) is 10.6. The Kier molecular flexibility index (Phi) is 3.89. The van der Waals surface area contributed by atoms with Crippen molar-refractivity contribution in [1.29, 1.82) is 0 Å². The molecule has 2 N–H and O–H groups in total. The molecule has 1 aromatic carbocycles. The van der Waals surface area contributed by atoms with Gasteiger partial charge < -0.3 is 15.2 Å². The highest BCUT2D eigenvalue weighted by atomic mass is 16.5. The van der Waals surface area contributed by atoms with E-state index in [1.165, 1.54) is 6.42 Å². The fourth-order valence-corrected chi connectivity index (χ4v) is 2.02. The van der Waals surface area contributed by atoms with E-state index < -0.39 is 0 Å². The molecule has 1 aliphatic rings. The summed E-state index contributed by atoms with van der Waals surface area (Å²) < 4.78 is 11.4. The lowest BCUT2D eigenvalue weighted by Gasteiger charge is -2.28. The molecule has 1 aliphatic carbocycles. The van der Waals surface area contributed by atoms with Gasteiger partial charge in [0.2, 0.25) is 0 Å². The summed E-state index contributed by atoms with van der Waals surface area (Å²) in [5.41, 5.74) is 7.01. The predicted molar refractivity (Wildman–Crippen MR) is 68.6 cm³/mol. The smallest absolute Gasteiger partial charge is 0.164 e. The molecule has 3 heteroatoms.